The highest BCUT2D eigenvalue weighted by atomic mass is 16.5. The van der Waals surface area contributed by atoms with Gasteiger partial charge in [0.2, 0.25) is 0 Å². The first-order valence-electron chi connectivity index (χ1n) is 4.96. The monoisotopic (exact) mass is 168 g/mol. The first-order valence-corrected chi connectivity index (χ1v) is 4.96. The number of hydrogen-bond acceptors (Lipinski definition) is 1. The maximum atomic E-state index is 5.39. The van der Waals surface area contributed by atoms with Crippen molar-refractivity contribution >= 4 is 0 Å². The fourth-order valence-electron chi connectivity index (χ4n) is 2.38. The van der Waals surface area contributed by atoms with Gasteiger partial charge in [0.15, 0.2) is 0 Å². The van der Waals surface area contributed by atoms with E-state index in [1.165, 1.54) is 49.1 Å². The van der Waals surface area contributed by atoms with E-state index in [1.54, 1.807) is 0 Å². The molecule has 2 rings (SSSR count). The maximum Gasteiger partial charge on any atom is 0.128 e. The first-order chi connectivity index (χ1) is 5.83. The average Bonchev–Trinajstić information content (AvgIpc) is 2.12. The van der Waals surface area contributed by atoms with E-state index >= 15 is 0 Å². The highest BCUT2D eigenvalue weighted by Crippen LogP contribution is 2.26. The van der Waals surface area contributed by atoms with E-state index in [0.29, 0.717) is 0 Å². The Balaban J connectivity index is 2.09. The Bertz CT molecular complexity index is 174. The second-order valence-electron chi connectivity index (χ2n) is 4.00. The van der Waals surface area contributed by atoms with E-state index in [0.717, 1.165) is 13.2 Å². The van der Waals surface area contributed by atoms with Crippen molar-refractivity contribution in [1.82, 2.24) is 0 Å². The minimum Gasteiger partial charge on any atom is -0.365 e. The van der Waals surface area contributed by atoms with Gasteiger partial charge in [-0.15, -0.1) is 0 Å². The summed E-state index contributed by atoms with van der Waals surface area (Å²) in [5, 5.41) is 0. The van der Waals surface area contributed by atoms with Crippen molar-refractivity contribution in [3.8, 4) is 0 Å². The van der Waals surface area contributed by atoms with E-state index < -0.39 is 0 Å². The molecule has 0 aliphatic carbocycles. The van der Waals surface area contributed by atoms with Gasteiger partial charge in [0.1, 0.15) is 18.8 Å². The fourth-order valence-corrected chi connectivity index (χ4v) is 2.38. The van der Waals surface area contributed by atoms with Crippen LogP contribution in [0.15, 0.2) is 12.3 Å². The first kappa shape index (κ1) is 8.27. The largest absolute Gasteiger partial charge is 0.365 e. The van der Waals surface area contributed by atoms with Crippen molar-refractivity contribution in [2.24, 2.45) is 0 Å². The highest BCUT2D eigenvalue weighted by molar-refractivity contribution is 4.87. The van der Waals surface area contributed by atoms with Crippen molar-refractivity contribution in [2.75, 3.05) is 32.8 Å². The Morgan fingerprint density at radius 3 is 2.50 bits per heavy atom. The molecule has 2 heterocycles. The Labute approximate surface area is 74.4 Å². The van der Waals surface area contributed by atoms with E-state index in [2.05, 4.69) is 6.58 Å². The van der Waals surface area contributed by atoms with Crippen LogP contribution >= 0.6 is 0 Å². The Morgan fingerprint density at radius 2 is 1.83 bits per heavy atom. The van der Waals surface area contributed by atoms with Crippen LogP contribution in [0, 0.1) is 0 Å². The second kappa shape index (κ2) is 3.19. The van der Waals surface area contributed by atoms with Crippen LogP contribution in [0.2, 0.25) is 0 Å². The van der Waals surface area contributed by atoms with Crippen LogP contribution in [-0.4, -0.2) is 37.3 Å². The summed E-state index contributed by atoms with van der Waals surface area (Å²) in [7, 11) is 0. The van der Waals surface area contributed by atoms with Crippen LogP contribution in [0.1, 0.15) is 19.3 Å². The maximum absolute atomic E-state index is 5.39. The van der Waals surface area contributed by atoms with Crippen LogP contribution in [0.3, 0.4) is 0 Å². The molecule has 2 nitrogen and oxygen atoms in total. The molecule has 0 amide bonds. The Kier molecular flexibility index (Phi) is 2.20. The van der Waals surface area contributed by atoms with Gasteiger partial charge in [0.05, 0.1) is 19.7 Å². The minimum atomic E-state index is 0.792. The molecule has 0 aromatic heterocycles. The quantitative estimate of drug-likeness (QED) is 0.498. The number of piperidine rings is 1. The molecule has 0 saturated carbocycles. The van der Waals surface area contributed by atoms with Gasteiger partial charge >= 0.3 is 0 Å². The summed E-state index contributed by atoms with van der Waals surface area (Å²) in [6.45, 7) is 9.64. The smallest absolute Gasteiger partial charge is 0.128 e. The molecule has 12 heavy (non-hydrogen) atoms. The molecule has 0 atom stereocenters. The van der Waals surface area contributed by atoms with E-state index in [4.69, 9.17) is 4.74 Å². The van der Waals surface area contributed by atoms with E-state index in [9.17, 15) is 0 Å². The lowest BCUT2D eigenvalue weighted by atomic mass is 10.1. The van der Waals surface area contributed by atoms with Crippen molar-refractivity contribution in [1.29, 1.82) is 0 Å². The van der Waals surface area contributed by atoms with Crippen LogP contribution in [0.4, 0.5) is 0 Å². The molecule has 2 aliphatic heterocycles. The Morgan fingerprint density at radius 1 is 1.08 bits per heavy atom. The van der Waals surface area contributed by atoms with Gasteiger partial charge in [-0.1, -0.05) is 0 Å². The molecule has 68 valence electrons. The van der Waals surface area contributed by atoms with Gasteiger partial charge in [-0.2, -0.15) is 0 Å². The number of nitrogens with zero attached hydrogens (tertiary/aromatic N) is 1. The number of morpholine rings is 1. The SMILES string of the molecule is C=C1COCC[N+]12CCCCC2. The molecule has 2 heteroatoms. The molecule has 0 aromatic carbocycles. The van der Waals surface area contributed by atoms with Gasteiger partial charge in [-0.05, 0) is 25.8 Å². The summed E-state index contributed by atoms with van der Waals surface area (Å²) < 4.78 is 6.56. The third kappa shape index (κ3) is 1.29. The lowest BCUT2D eigenvalue weighted by molar-refractivity contribution is -0.904. The van der Waals surface area contributed by atoms with Gasteiger partial charge in [0.25, 0.3) is 0 Å². The van der Waals surface area contributed by atoms with Crippen LogP contribution in [-0.2, 0) is 4.74 Å². The molecule has 0 unspecified atom stereocenters. The zero-order chi connectivity index (χ0) is 8.44. The van der Waals surface area contributed by atoms with Gasteiger partial charge in [0, 0.05) is 0 Å². The highest BCUT2D eigenvalue weighted by Gasteiger charge is 2.35. The summed E-state index contributed by atoms with van der Waals surface area (Å²) in [5.41, 5.74) is 1.31. The standard InChI is InChI=1S/C10H18NO/c1-10-9-12-8-7-11(10)5-3-2-4-6-11/h1-9H2/q+1. The Hall–Kier alpha value is -0.340. The molecule has 2 aliphatic rings. The van der Waals surface area contributed by atoms with Crippen LogP contribution < -0.4 is 0 Å². The number of quaternary nitrogens is 1. The van der Waals surface area contributed by atoms with Crippen molar-refractivity contribution in [3.05, 3.63) is 12.3 Å². The molecular formula is C10H18NO+. The predicted molar refractivity (Wildman–Crippen MR) is 48.7 cm³/mol. The molecule has 2 saturated heterocycles. The zero-order valence-electron chi connectivity index (χ0n) is 7.72. The molecule has 0 N–H and O–H groups in total. The summed E-state index contributed by atoms with van der Waals surface area (Å²) in [6.07, 6.45) is 4.16. The van der Waals surface area contributed by atoms with Gasteiger partial charge in [-0.3, -0.25) is 4.48 Å². The molecule has 2 fully saturated rings. The second-order valence-corrected chi connectivity index (χ2v) is 4.00. The summed E-state index contributed by atoms with van der Waals surface area (Å²) >= 11 is 0. The van der Waals surface area contributed by atoms with Crippen molar-refractivity contribution < 1.29 is 9.22 Å². The summed E-state index contributed by atoms with van der Waals surface area (Å²) in [6, 6.07) is 0. The molecule has 1 spiro atoms. The lowest BCUT2D eigenvalue weighted by Crippen LogP contribution is -2.55. The molecular weight excluding hydrogens is 150 g/mol. The topological polar surface area (TPSA) is 9.23 Å². The predicted octanol–water partition coefficient (Wildman–Crippen LogP) is 1.53. The van der Waals surface area contributed by atoms with Crippen LogP contribution in [0.25, 0.3) is 0 Å². The number of ether oxygens (including phenoxy) is 1. The third-order valence-corrected chi connectivity index (χ3v) is 3.28. The number of hydrogen-bond donors (Lipinski definition) is 0. The third-order valence-electron chi connectivity index (χ3n) is 3.28. The summed E-state index contributed by atoms with van der Waals surface area (Å²) in [4.78, 5) is 0. The van der Waals surface area contributed by atoms with E-state index in [1.807, 2.05) is 0 Å². The van der Waals surface area contributed by atoms with Gasteiger partial charge < -0.3 is 4.74 Å². The summed E-state index contributed by atoms with van der Waals surface area (Å²) in [5.74, 6) is 0. The molecule has 0 radical (unpaired) electrons. The zero-order valence-corrected chi connectivity index (χ0v) is 7.72. The molecule has 0 aromatic rings. The van der Waals surface area contributed by atoms with Crippen LogP contribution in [0.5, 0.6) is 0 Å². The fraction of sp³-hybridized carbons (Fsp3) is 0.800. The number of rotatable bonds is 0. The van der Waals surface area contributed by atoms with Gasteiger partial charge in [-0.25, -0.2) is 0 Å². The lowest BCUT2D eigenvalue weighted by Gasteiger charge is -2.44. The van der Waals surface area contributed by atoms with Crippen molar-refractivity contribution in [3.63, 3.8) is 0 Å². The van der Waals surface area contributed by atoms with Crippen molar-refractivity contribution in [2.45, 2.75) is 19.3 Å². The normalized spacial score (nSPS) is 29.2. The molecule has 0 bridgehead atoms. The van der Waals surface area contributed by atoms with E-state index in [-0.39, 0.29) is 0 Å². The minimum absolute atomic E-state index is 0.792. The average molecular weight is 168 g/mol.